The summed E-state index contributed by atoms with van der Waals surface area (Å²) >= 11 is 0. The van der Waals surface area contributed by atoms with Crippen molar-refractivity contribution >= 4 is 0 Å². The van der Waals surface area contributed by atoms with Gasteiger partial charge in [-0.25, -0.2) is 0 Å². The first-order valence-electron chi connectivity index (χ1n) is 6.68. The zero-order valence-electron chi connectivity index (χ0n) is 10.9. The van der Waals surface area contributed by atoms with Crippen molar-refractivity contribution < 1.29 is 4.42 Å². The fourth-order valence-corrected chi connectivity index (χ4v) is 2.11. The van der Waals surface area contributed by atoms with E-state index in [1.807, 2.05) is 12.1 Å². The molecule has 1 heterocycles. The van der Waals surface area contributed by atoms with E-state index < -0.39 is 0 Å². The van der Waals surface area contributed by atoms with Crippen LogP contribution in [-0.2, 0) is 12.8 Å². The minimum atomic E-state index is 0.544. The number of benzene rings is 1. The summed E-state index contributed by atoms with van der Waals surface area (Å²) in [7, 11) is 0. The summed E-state index contributed by atoms with van der Waals surface area (Å²) in [6.07, 6.45) is 4.93. The van der Waals surface area contributed by atoms with Crippen molar-refractivity contribution in [3.63, 3.8) is 0 Å². The summed E-state index contributed by atoms with van der Waals surface area (Å²) in [5.74, 6) is 1.05. The Kier molecular flexibility index (Phi) is 5.03. The highest BCUT2D eigenvalue weighted by Gasteiger charge is 2.06. The molecule has 96 valence electrons. The average molecular weight is 243 g/mol. The van der Waals surface area contributed by atoms with Crippen molar-refractivity contribution in [2.24, 2.45) is 0 Å². The van der Waals surface area contributed by atoms with Gasteiger partial charge in [0, 0.05) is 19.0 Å². The molecule has 2 heteroatoms. The molecule has 1 N–H and O–H groups in total. The van der Waals surface area contributed by atoms with Gasteiger partial charge < -0.3 is 9.73 Å². The molecular formula is C16H21NO. The smallest absolute Gasteiger partial charge is 0.105 e. The number of hydrogen-bond donors (Lipinski definition) is 1. The Morgan fingerprint density at radius 2 is 1.94 bits per heavy atom. The Morgan fingerprint density at radius 3 is 2.61 bits per heavy atom. The molecule has 2 rings (SSSR count). The fourth-order valence-electron chi connectivity index (χ4n) is 2.11. The summed E-state index contributed by atoms with van der Waals surface area (Å²) in [4.78, 5) is 0. The zero-order chi connectivity index (χ0) is 12.6. The van der Waals surface area contributed by atoms with Crippen LogP contribution in [-0.4, -0.2) is 12.6 Å². The van der Waals surface area contributed by atoms with Crippen LogP contribution in [0.15, 0.2) is 53.1 Å². The molecule has 0 fully saturated rings. The van der Waals surface area contributed by atoms with Crippen LogP contribution in [0.3, 0.4) is 0 Å². The van der Waals surface area contributed by atoms with Crippen LogP contribution in [0.1, 0.15) is 24.7 Å². The Bertz CT molecular complexity index is 422. The Morgan fingerprint density at radius 1 is 1.11 bits per heavy atom. The second-order valence-corrected chi connectivity index (χ2v) is 4.58. The van der Waals surface area contributed by atoms with Gasteiger partial charge in [-0.3, -0.25) is 0 Å². The van der Waals surface area contributed by atoms with Gasteiger partial charge in [0.15, 0.2) is 0 Å². The highest BCUT2D eigenvalue weighted by molar-refractivity contribution is 5.15. The van der Waals surface area contributed by atoms with E-state index in [1.165, 1.54) is 5.56 Å². The van der Waals surface area contributed by atoms with E-state index in [2.05, 4.69) is 42.6 Å². The minimum Gasteiger partial charge on any atom is -0.469 e. The van der Waals surface area contributed by atoms with Crippen molar-refractivity contribution in [2.75, 3.05) is 6.54 Å². The molecule has 0 radical (unpaired) electrons. The molecule has 0 saturated carbocycles. The summed E-state index contributed by atoms with van der Waals surface area (Å²) in [5.41, 5.74) is 1.40. The quantitative estimate of drug-likeness (QED) is 0.806. The van der Waals surface area contributed by atoms with Gasteiger partial charge in [-0.1, -0.05) is 37.3 Å². The van der Waals surface area contributed by atoms with Crippen LogP contribution in [0, 0.1) is 0 Å². The molecule has 2 aromatic rings. The maximum atomic E-state index is 5.33. The molecule has 0 aliphatic rings. The molecule has 1 unspecified atom stereocenters. The van der Waals surface area contributed by atoms with Gasteiger partial charge in [-0.2, -0.15) is 0 Å². The van der Waals surface area contributed by atoms with E-state index in [-0.39, 0.29) is 0 Å². The number of furan rings is 1. The maximum Gasteiger partial charge on any atom is 0.105 e. The molecule has 0 bridgehead atoms. The largest absolute Gasteiger partial charge is 0.469 e. The lowest BCUT2D eigenvalue weighted by Gasteiger charge is -2.16. The van der Waals surface area contributed by atoms with Crippen LogP contribution >= 0.6 is 0 Å². The monoisotopic (exact) mass is 243 g/mol. The van der Waals surface area contributed by atoms with Gasteiger partial charge >= 0.3 is 0 Å². The van der Waals surface area contributed by atoms with Gasteiger partial charge in [0.25, 0.3) is 0 Å². The molecule has 0 saturated heterocycles. The van der Waals surface area contributed by atoms with Crippen molar-refractivity contribution in [3.8, 4) is 0 Å². The first-order chi connectivity index (χ1) is 8.88. The highest BCUT2D eigenvalue weighted by atomic mass is 16.3. The average Bonchev–Trinajstić information content (AvgIpc) is 2.92. The highest BCUT2D eigenvalue weighted by Crippen LogP contribution is 2.06. The number of rotatable bonds is 7. The lowest BCUT2D eigenvalue weighted by Crippen LogP contribution is -2.32. The predicted molar refractivity (Wildman–Crippen MR) is 74.6 cm³/mol. The molecular weight excluding hydrogens is 222 g/mol. The summed E-state index contributed by atoms with van der Waals surface area (Å²) in [6.45, 7) is 3.20. The minimum absolute atomic E-state index is 0.544. The van der Waals surface area contributed by atoms with Gasteiger partial charge in [-0.05, 0) is 30.5 Å². The van der Waals surface area contributed by atoms with E-state index >= 15 is 0 Å². The first kappa shape index (κ1) is 12.9. The van der Waals surface area contributed by atoms with Gasteiger partial charge in [0.2, 0.25) is 0 Å². The lowest BCUT2D eigenvalue weighted by molar-refractivity contribution is 0.462. The molecule has 2 nitrogen and oxygen atoms in total. The third-order valence-corrected chi connectivity index (χ3v) is 3.20. The first-order valence-corrected chi connectivity index (χ1v) is 6.68. The van der Waals surface area contributed by atoms with Crippen LogP contribution in [0.4, 0.5) is 0 Å². The molecule has 0 aliphatic carbocycles. The second-order valence-electron chi connectivity index (χ2n) is 4.58. The Labute approximate surface area is 109 Å². The zero-order valence-corrected chi connectivity index (χ0v) is 10.9. The Hall–Kier alpha value is -1.54. The normalized spacial score (nSPS) is 12.5. The molecule has 0 spiro atoms. The lowest BCUT2D eigenvalue weighted by atomic mass is 10.0. The summed E-state index contributed by atoms with van der Waals surface area (Å²) in [5, 5.41) is 3.60. The fraction of sp³-hybridized carbons (Fsp3) is 0.375. The van der Waals surface area contributed by atoms with Crippen molar-refractivity contribution in [1.29, 1.82) is 0 Å². The summed E-state index contributed by atoms with van der Waals surface area (Å²) < 4.78 is 5.33. The molecule has 18 heavy (non-hydrogen) atoms. The van der Waals surface area contributed by atoms with Gasteiger partial charge in [-0.15, -0.1) is 0 Å². The molecule has 1 aromatic heterocycles. The number of nitrogens with one attached hydrogen (secondary N) is 1. The van der Waals surface area contributed by atoms with E-state index in [1.54, 1.807) is 6.26 Å². The Balaban J connectivity index is 1.75. The third-order valence-electron chi connectivity index (χ3n) is 3.20. The van der Waals surface area contributed by atoms with Crippen molar-refractivity contribution in [1.82, 2.24) is 5.32 Å². The SMILES string of the molecule is CCC(Cc1ccccc1)NCCc1ccco1. The molecule has 1 aromatic carbocycles. The van der Waals surface area contributed by atoms with Gasteiger partial charge in [0.05, 0.1) is 6.26 Å². The number of hydrogen-bond acceptors (Lipinski definition) is 2. The second kappa shape index (κ2) is 7.02. The van der Waals surface area contributed by atoms with Crippen LogP contribution in [0.2, 0.25) is 0 Å². The van der Waals surface area contributed by atoms with Crippen LogP contribution in [0.25, 0.3) is 0 Å². The standard InChI is InChI=1S/C16H21NO/c1-2-15(13-14-7-4-3-5-8-14)17-11-10-16-9-6-12-18-16/h3-9,12,15,17H,2,10-11,13H2,1H3. The topological polar surface area (TPSA) is 25.2 Å². The van der Waals surface area contributed by atoms with Crippen LogP contribution in [0.5, 0.6) is 0 Å². The van der Waals surface area contributed by atoms with E-state index in [0.29, 0.717) is 6.04 Å². The van der Waals surface area contributed by atoms with E-state index in [9.17, 15) is 0 Å². The van der Waals surface area contributed by atoms with Gasteiger partial charge in [0.1, 0.15) is 5.76 Å². The third kappa shape index (κ3) is 4.04. The van der Waals surface area contributed by atoms with Crippen molar-refractivity contribution in [3.05, 3.63) is 60.1 Å². The van der Waals surface area contributed by atoms with Crippen molar-refractivity contribution in [2.45, 2.75) is 32.2 Å². The van der Waals surface area contributed by atoms with Crippen LogP contribution < -0.4 is 5.32 Å². The maximum absolute atomic E-state index is 5.33. The summed E-state index contributed by atoms with van der Waals surface area (Å²) in [6, 6.07) is 15.2. The molecule has 0 aliphatic heterocycles. The van der Waals surface area contributed by atoms with E-state index in [4.69, 9.17) is 4.42 Å². The molecule has 0 amide bonds. The molecule has 1 atom stereocenters. The van der Waals surface area contributed by atoms with E-state index in [0.717, 1.165) is 31.6 Å². The predicted octanol–water partition coefficient (Wildman–Crippen LogP) is 3.43.